The van der Waals surface area contributed by atoms with Gasteiger partial charge in [-0.2, -0.15) is 0 Å². The summed E-state index contributed by atoms with van der Waals surface area (Å²) >= 11 is 0. The summed E-state index contributed by atoms with van der Waals surface area (Å²) in [6, 6.07) is 12.7. The van der Waals surface area contributed by atoms with Gasteiger partial charge in [0.05, 0.1) is 0 Å². The molecule has 132 valence electrons. The second kappa shape index (κ2) is 8.44. The molecule has 5 heteroatoms. The standard InChI is InChI=1S/C20H24N2O3/c1-14-8-9-19(17(10-14)12-22(3)4)21-20(24)13-25-18-7-5-6-16(11-18)15(2)23/h5-11H,12-13H2,1-4H3,(H,21,24). The summed E-state index contributed by atoms with van der Waals surface area (Å²) in [4.78, 5) is 25.7. The summed E-state index contributed by atoms with van der Waals surface area (Å²) < 4.78 is 5.50. The van der Waals surface area contributed by atoms with Crippen LogP contribution in [0.1, 0.15) is 28.4 Å². The molecule has 2 aromatic rings. The fourth-order valence-electron chi connectivity index (χ4n) is 2.46. The van der Waals surface area contributed by atoms with Gasteiger partial charge in [0, 0.05) is 17.8 Å². The van der Waals surface area contributed by atoms with E-state index in [1.165, 1.54) is 6.92 Å². The SMILES string of the molecule is CC(=O)c1cccc(OCC(=O)Nc2ccc(C)cc2CN(C)C)c1. The van der Waals surface area contributed by atoms with Crippen molar-refractivity contribution in [1.82, 2.24) is 4.90 Å². The van der Waals surface area contributed by atoms with E-state index in [0.29, 0.717) is 11.3 Å². The van der Waals surface area contributed by atoms with Gasteiger partial charge < -0.3 is 15.0 Å². The molecule has 1 amide bonds. The van der Waals surface area contributed by atoms with Crippen LogP contribution in [-0.4, -0.2) is 37.3 Å². The van der Waals surface area contributed by atoms with Crippen LogP contribution in [0.15, 0.2) is 42.5 Å². The lowest BCUT2D eigenvalue weighted by Gasteiger charge is -2.16. The summed E-state index contributed by atoms with van der Waals surface area (Å²) in [5.74, 6) is 0.222. The minimum atomic E-state index is -0.239. The summed E-state index contributed by atoms with van der Waals surface area (Å²) in [5.41, 5.74) is 3.54. The van der Waals surface area contributed by atoms with Crippen LogP contribution < -0.4 is 10.1 Å². The number of benzene rings is 2. The lowest BCUT2D eigenvalue weighted by atomic mass is 10.1. The van der Waals surface area contributed by atoms with Crippen LogP contribution in [0.4, 0.5) is 5.69 Å². The number of nitrogens with one attached hydrogen (secondary N) is 1. The number of amides is 1. The molecule has 2 rings (SSSR count). The highest BCUT2D eigenvalue weighted by Crippen LogP contribution is 2.19. The average molecular weight is 340 g/mol. The van der Waals surface area contributed by atoms with Gasteiger partial charge in [-0.3, -0.25) is 9.59 Å². The molecule has 0 saturated heterocycles. The van der Waals surface area contributed by atoms with Gasteiger partial charge in [-0.15, -0.1) is 0 Å². The Labute approximate surface area is 148 Å². The highest BCUT2D eigenvalue weighted by Gasteiger charge is 2.09. The van der Waals surface area contributed by atoms with Crippen LogP contribution in [0.5, 0.6) is 5.75 Å². The Hall–Kier alpha value is -2.66. The maximum Gasteiger partial charge on any atom is 0.262 e. The molecule has 25 heavy (non-hydrogen) atoms. The van der Waals surface area contributed by atoms with Crippen LogP contribution in [0.3, 0.4) is 0 Å². The third-order valence-electron chi connectivity index (χ3n) is 3.63. The third-order valence-corrected chi connectivity index (χ3v) is 3.63. The van der Waals surface area contributed by atoms with Crippen molar-refractivity contribution in [2.24, 2.45) is 0 Å². The largest absolute Gasteiger partial charge is 0.484 e. The molecule has 0 aromatic heterocycles. The maximum atomic E-state index is 12.2. The van der Waals surface area contributed by atoms with Crippen molar-refractivity contribution in [3.05, 3.63) is 59.2 Å². The first-order valence-electron chi connectivity index (χ1n) is 8.13. The minimum absolute atomic E-state index is 0.0390. The molecular formula is C20H24N2O3. The van der Waals surface area contributed by atoms with Crippen LogP contribution >= 0.6 is 0 Å². The van der Waals surface area contributed by atoms with Crippen molar-refractivity contribution in [3.8, 4) is 5.75 Å². The minimum Gasteiger partial charge on any atom is -0.484 e. The topological polar surface area (TPSA) is 58.6 Å². The van der Waals surface area contributed by atoms with E-state index < -0.39 is 0 Å². The fraction of sp³-hybridized carbons (Fsp3) is 0.300. The Bertz CT molecular complexity index is 769. The van der Waals surface area contributed by atoms with Crippen molar-refractivity contribution in [2.75, 3.05) is 26.0 Å². The van der Waals surface area contributed by atoms with Crippen LogP contribution in [0.2, 0.25) is 0 Å². The van der Waals surface area contributed by atoms with Crippen molar-refractivity contribution >= 4 is 17.4 Å². The second-order valence-electron chi connectivity index (χ2n) is 6.32. The van der Waals surface area contributed by atoms with Crippen LogP contribution in [0, 0.1) is 6.92 Å². The molecule has 5 nitrogen and oxygen atoms in total. The van der Waals surface area contributed by atoms with Crippen molar-refractivity contribution in [2.45, 2.75) is 20.4 Å². The molecule has 0 aliphatic rings. The quantitative estimate of drug-likeness (QED) is 0.786. The lowest BCUT2D eigenvalue weighted by molar-refractivity contribution is -0.118. The zero-order valence-electron chi connectivity index (χ0n) is 15.1. The average Bonchev–Trinajstić information content (AvgIpc) is 2.55. The summed E-state index contributed by atoms with van der Waals surface area (Å²) in [6.07, 6.45) is 0. The van der Waals surface area contributed by atoms with E-state index in [1.807, 2.05) is 38.1 Å². The van der Waals surface area contributed by atoms with E-state index >= 15 is 0 Å². The molecule has 0 radical (unpaired) electrons. The first-order valence-corrected chi connectivity index (χ1v) is 8.13. The third kappa shape index (κ3) is 5.72. The number of anilines is 1. The van der Waals surface area contributed by atoms with Gasteiger partial charge in [0.2, 0.25) is 0 Å². The predicted octanol–water partition coefficient (Wildman–Crippen LogP) is 3.28. The molecule has 0 atom stereocenters. The number of ketones is 1. The van der Waals surface area contributed by atoms with E-state index in [0.717, 1.165) is 23.4 Å². The molecule has 0 bridgehead atoms. The van der Waals surface area contributed by atoms with E-state index in [9.17, 15) is 9.59 Å². The smallest absolute Gasteiger partial charge is 0.262 e. The molecule has 0 unspecified atom stereocenters. The van der Waals surface area contributed by atoms with Gasteiger partial charge in [-0.25, -0.2) is 0 Å². The van der Waals surface area contributed by atoms with E-state index in [2.05, 4.69) is 11.4 Å². The molecule has 0 heterocycles. The lowest BCUT2D eigenvalue weighted by Crippen LogP contribution is -2.22. The van der Waals surface area contributed by atoms with Gasteiger partial charge >= 0.3 is 0 Å². The zero-order valence-corrected chi connectivity index (χ0v) is 15.1. The number of aryl methyl sites for hydroxylation is 1. The molecule has 1 N–H and O–H groups in total. The molecule has 0 saturated carbocycles. The zero-order chi connectivity index (χ0) is 18.4. The van der Waals surface area contributed by atoms with Gasteiger partial charge in [0.25, 0.3) is 5.91 Å². The number of Topliss-reactive ketones (excluding diaryl/α,β-unsaturated/α-hetero) is 1. The molecule has 0 aliphatic carbocycles. The monoisotopic (exact) mass is 340 g/mol. The van der Waals surface area contributed by atoms with Crippen molar-refractivity contribution in [1.29, 1.82) is 0 Å². The molecule has 2 aromatic carbocycles. The molecular weight excluding hydrogens is 316 g/mol. The summed E-state index contributed by atoms with van der Waals surface area (Å²) in [5, 5.41) is 2.89. The number of carbonyl (C=O) groups excluding carboxylic acids is 2. The molecule has 0 spiro atoms. The maximum absolute atomic E-state index is 12.2. The number of hydrogen-bond donors (Lipinski definition) is 1. The van der Waals surface area contributed by atoms with Gasteiger partial charge in [-0.1, -0.05) is 29.8 Å². The molecule has 0 aliphatic heterocycles. The van der Waals surface area contributed by atoms with Crippen LogP contribution in [-0.2, 0) is 11.3 Å². The highest BCUT2D eigenvalue weighted by molar-refractivity contribution is 5.94. The number of carbonyl (C=O) groups is 2. The van der Waals surface area contributed by atoms with Gasteiger partial charge in [-0.05, 0) is 51.7 Å². The normalized spacial score (nSPS) is 10.6. The first kappa shape index (κ1) is 18.7. The summed E-state index contributed by atoms with van der Waals surface area (Å²) in [7, 11) is 3.97. The fourth-order valence-corrected chi connectivity index (χ4v) is 2.46. The van der Waals surface area contributed by atoms with E-state index in [4.69, 9.17) is 4.74 Å². The number of hydrogen-bond acceptors (Lipinski definition) is 4. The van der Waals surface area contributed by atoms with Gasteiger partial charge in [0.1, 0.15) is 5.75 Å². The number of ether oxygens (including phenoxy) is 1. The van der Waals surface area contributed by atoms with E-state index in [-0.39, 0.29) is 18.3 Å². The Balaban J connectivity index is 2.01. The van der Waals surface area contributed by atoms with Crippen molar-refractivity contribution < 1.29 is 14.3 Å². The Morgan fingerprint density at radius 3 is 2.56 bits per heavy atom. The predicted molar refractivity (Wildman–Crippen MR) is 99.1 cm³/mol. The highest BCUT2D eigenvalue weighted by atomic mass is 16.5. The number of nitrogens with zero attached hydrogens (tertiary/aromatic N) is 1. The second-order valence-corrected chi connectivity index (χ2v) is 6.32. The first-order chi connectivity index (χ1) is 11.8. The van der Waals surface area contributed by atoms with Crippen LogP contribution in [0.25, 0.3) is 0 Å². The van der Waals surface area contributed by atoms with Crippen molar-refractivity contribution in [3.63, 3.8) is 0 Å². The van der Waals surface area contributed by atoms with Gasteiger partial charge in [0.15, 0.2) is 12.4 Å². The summed E-state index contributed by atoms with van der Waals surface area (Å²) in [6.45, 7) is 4.14. The van der Waals surface area contributed by atoms with E-state index in [1.54, 1.807) is 24.3 Å². The number of rotatable bonds is 7. The Kier molecular flexibility index (Phi) is 6.31. The Morgan fingerprint density at radius 1 is 1.12 bits per heavy atom. The Morgan fingerprint density at radius 2 is 1.88 bits per heavy atom. The molecule has 0 fully saturated rings.